The molecule has 2 saturated carbocycles. The molecule has 0 aromatic heterocycles. The van der Waals surface area contributed by atoms with Crippen molar-refractivity contribution in [2.24, 2.45) is 0 Å². The van der Waals surface area contributed by atoms with E-state index in [1.807, 2.05) is 113 Å². The van der Waals surface area contributed by atoms with E-state index in [9.17, 15) is 0 Å². The Morgan fingerprint density at radius 2 is 0.640 bits per heavy atom. The quantitative estimate of drug-likeness (QED) is 0.422. The van der Waals surface area contributed by atoms with Gasteiger partial charge in [-0.3, -0.25) is 0 Å². The standard InChI is InChI=1S/2C7H7.2C5H5.Ti/c2*1-7-5-3-2-4-6-7;2*1-2-4-5-3-1;/h2*3-6H,1H3;2*1-5H;/q2*-1;;;+2. The molecule has 0 atom stereocenters. The van der Waals surface area contributed by atoms with Crippen molar-refractivity contribution in [3.8, 4) is 0 Å². The normalized spacial score (nSPS) is 14.5. The fourth-order valence-corrected chi connectivity index (χ4v) is 1.58. The second kappa shape index (κ2) is 18.0. The number of hydrogen-bond acceptors (Lipinski definition) is 0. The summed E-state index contributed by atoms with van der Waals surface area (Å²) < 4.78 is 0. The number of aryl methyl sites for hydroxylation is 2. The van der Waals surface area contributed by atoms with Crippen molar-refractivity contribution in [3.05, 3.63) is 136 Å². The van der Waals surface area contributed by atoms with Gasteiger partial charge in [0.05, 0.1) is 0 Å². The van der Waals surface area contributed by atoms with Crippen molar-refractivity contribution in [1.29, 1.82) is 0 Å². The summed E-state index contributed by atoms with van der Waals surface area (Å²) in [7, 11) is 0. The minimum absolute atomic E-state index is 0. The minimum atomic E-state index is 0. The summed E-state index contributed by atoms with van der Waals surface area (Å²) in [4.78, 5) is 0. The van der Waals surface area contributed by atoms with Gasteiger partial charge in [-0.2, -0.15) is 71.8 Å². The molecular formula is C24H24Ti. The third-order valence-electron chi connectivity index (χ3n) is 2.88. The zero-order valence-corrected chi connectivity index (χ0v) is 16.5. The molecule has 25 heavy (non-hydrogen) atoms. The van der Waals surface area contributed by atoms with Crippen LogP contribution < -0.4 is 0 Å². The van der Waals surface area contributed by atoms with Crippen molar-refractivity contribution in [1.82, 2.24) is 0 Å². The molecule has 4 rings (SSSR count). The summed E-state index contributed by atoms with van der Waals surface area (Å²) in [6.45, 7) is 4.13. The van der Waals surface area contributed by atoms with Crippen LogP contribution in [0.4, 0.5) is 0 Å². The Morgan fingerprint density at radius 1 is 0.440 bits per heavy atom. The average Bonchev–Trinajstić information content (AvgIpc) is 3.36. The molecule has 2 aliphatic carbocycles. The van der Waals surface area contributed by atoms with Gasteiger partial charge in [-0.05, 0) is 64.2 Å². The van der Waals surface area contributed by atoms with Crippen LogP contribution in [0.3, 0.4) is 0 Å². The monoisotopic (exact) mass is 360 g/mol. The van der Waals surface area contributed by atoms with Crippen LogP contribution in [0.25, 0.3) is 0 Å². The molecule has 124 valence electrons. The van der Waals surface area contributed by atoms with Crippen LogP contribution in [0.1, 0.15) is 11.1 Å². The predicted molar refractivity (Wildman–Crippen MR) is 103 cm³/mol. The van der Waals surface area contributed by atoms with Gasteiger partial charge in [0.25, 0.3) is 0 Å². The molecular weight excluding hydrogens is 336 g/mol. The van der Waals surface area contributed by atoms with E-state index >= 15 is 0 Å². The Hall–Kier alpha value is -0.846. The van der Waals surface area contributed by atoms with E-state index in [4.69, 9.17) is 0 Å². The largest absolute Gasteiger partial charge is 2.00 e. The van der Waals surface area contributed by atoms with Gasteiger partial charge in [-0.15, -0.1) is 0 Å². The number of benzene rings is 2. The molecule has 10 radical (unpaired) electrons. The zero-order chi connectivity index (χ0) is 17.3. The molecule has 1 heteroatoms. The Kier molecular flexibility index (Phi) is 17.4. The Bertz CT molecular complexity index is 407. The summed E-state index contributed by atoms with van der Waals surface area (Å²) in [5, 5.41) is 0. The second-order valence-electron chi connectivity index (χ2n) is 5.08. The third kappa shape index (κ3) is 16.4. The Morgan fingerprint density at radius 3 is 0.760 bits per heavy atom. The van der Waals surface area contributed by atoms with Gasteiger partial charge in [0.2, 0.25) is 0 Å². The molecule has 2 fully saturated rings. The molecule has 0 heterocycles. The zero-order valence-electron chi connectivity index (χ0n) is 14.9. The van der Waals surface area contributed by atoms with Gasteiger partial charge < -0.3 is 0 Å². The van der Waals surface area contributed by atoms with Crippen molar-refractivity contribution < 1.29 is 21.7 Å². The summed E-state index contributed by atoms with van der Waals surface area (Å²) >= 11 is 0. The van der Waals surface area contributed by atoms with Crippen LogP contribution in [0.2, 0.25) is 0 Å². The van der Waals surface area contributed by atoms with Gasteiger partial charge in [0, 0.05) is 0 Å². The first kappa shape index (κ1) is 24.2. The van der Waals surface area contributed by atoms with Gasteiger partial charge in [-0.25, -0.2) is 0 Å². The van der Waals surface area contributed by atoms with Crippen molar-refractivity contribution in [2.45, 2.75) is 13.8 Å². The van der Waals surface area contributed by atoms with E-state index in [1.165, 1.54) is 11.1 Å². The first-order valence-corrected chi connectivity index (χ1v) is 7.98. The van der Waals surface area contributed by atoms with Crippen molar-refractivity contribution in [2.75, 3.05) is 0 Å². The van der Waals surface area contributed by atoms with E-state index < -0.39 is 0 Å². The molecule has 0 aliphatic heterocycles. The predicted octanol–water partition coefficient (Wildman–Crippen LogP) is 5.63. The van der Waals surface area contributed by atoms with Crippen LogP contribution in [0.5, 0.6) is 0 Å². The van der Waals surface area contributed by atoms with Gasteiger partial charge >= 0.3 is 21.7 Å². The van der Waals surface area contributed by atoms with E-state index in [2.05, 4.69) is 26.0 Å². The molecule has 0 nitrogen and oxygen atoms in total. The molecule has 0 spiro atoms. The Labute approximate surface area is 171 Å². The number of hydrogen-bond donors (Lipinski definition) is 0. The molecule has 0 bridgehead atoms. The van der Waals surface area contributed by atoms with Crippen LogP contribution >= 0.6 is 0 Å². The van der Waals surface area contributed by atoms with Gasteiger partial charge in [-0.1, -0.05) is 13.8 Å². The van der Waals surface area contributed by atoms with Crippen LogP contribution in [-0.2, 0) is 21.7 Å². The van der Waals surface area contributed by atoms with E-state index in [0.717, 1.165) is 0 Å². The van der Waals surface area contributed by atoms with Gasteiger partial charge in [0.1, 0.15) is 0 Å². The summed E-state index contributed by atoms with van der Waals surface area (Å²) in [5.41, 5.74) is 2.58. The molecule has 0 N–H and O–H groups in total. The topological polar surface area (TPSA) is 0 Å². The van der Waals surface area contributed by atoms with Crippen molar-refractivity contribution >= 4 is 0 Å². The first-order chi connectivity index (χ1) is 11.8. The SMILES string of the molecule is Cc1cc[c-]cc1.Cc1cc[c-]cc1.[CH]1[CH][CH][CH][CH]1.[CH]1[CH][CH][CH][CH]1.[Ti+2]. The van der Waals surface area contributed by atoms with Gasteiger partial charge in [0.15, 0.2) is 0 Å². The van der Waals surface area contributed by atoms with Crippen LogP contribution in [0, 0.1) is 90.2 Å². The third-order valence-corrected chi connectivity index (χ3v) is 2.88. The van der Waals surface area contributed by atoms with Crippen LogP contribution in [0.15, 0.2) is 48.5 Å². The summed E-state index contributed by atoms with van der Waals surface area (Å²) in [6, 6.07) is 21.6. The molecule has 2 aromatic carbocycles. The second-order valence-corrected chi connectivity index (χ2v) is 5.08. The summed E-state index contributed by atoms with van der Waals surface area (Å²) in [5.74, 6) is 0. The first-order valence-electron chi connectivity index (χ1n) is 7.98. The van der Waals surface area contributed by atoms with E-state index in [1.54, 1.807) is 0 Å². The molecule has 2 aromatic rings. The molecule has 0 unspecified atom stereocenters. The number of rotatable bonds is 0. The van der Waals surface area contributed by atoms with Crippen molar-refractivity contribution in [3.63, 3.8) is 0 Å². The summed E-state index contributed by atoms with van der Waals surface area (Å²) in [6.07, 6.45) is 20.0. The molecule has 2 aliphatic rings. The smallest absolute Gasteiger partial charge is 0.184 e. The van der Waals surface area contributed by atoms with Crippen LogP contribution in [-0.4, -0.2) is 0 Å². The average molecular weight is 360 g/mol. The Balaban J connectivity index is 0.000000307. The van der Waals surface area contributed by atoms with E-state index in [-0.39, 0.29) is 21.7 Å². The maximum absolute atomic E-state index is 2.93. The maximum Gasteiger partial charge on any atom is 2.00 e. The fourth-order valence-electron chi connectivity index (χ4n) is 1.58. The fraction of sp³-hybridized carbons (Fsp3) is 0.0833. The minimum Gasteiger partial charge on any atom is -0.184 e. The van der Waals surface area contributed by atoms with E-state index in [0.29, 0.717) is 0 Å². The molecule has 0 amide bonds. The maximum atomic E-state index is 2.93. The molecule has 0 saturated heterocycles.